The van der Waals surface area contributed by atoms with Gasteiger partial charge in [0.05, 0.1) is 13.7 Å². The molecule has 0 saturated heterocycles. The Kier molecular flexibility index (Phi) is 4.38. The van der Waals surface area contributed by atoms with E-state index in [1.54, 1.807) is 0 Å². The topological polar surface area (TPSA) is 141 Å². The molecule has 18 heavy (non-hydrogen) atoms. The molecule has 1 unspecified atom stereocenters. The van der Waals surface area contributed by atoms with Gasteiger partial charge in [0.25, 0.3) is 11.5 Å². The number of aliphatic hydroxyl groups excluding tert-OH is 1. The molecule has 4 N–H and O–H groups in total. The van der Waals surface area contributed by atoms with Crippen LogP contribution in [0.4, 0.5) is 0 Å². The van der Waals surface area contributed by atoms with Crippen molar-refractivity contribution in [1.82, 2.24) is 15.3 Å². The van der Waals surface area contributed by atoms with E-state index in [9.17, 15) is 24.3 Å². The molecule has 0 fully saturated rings. The first-order valence-corrected chi connectivity index (χ1v) is 4.81. The van der Waals surface area contributed by atoms with Crippen LogP contribution in [0.3, 0.4) is 0 Å². The maximum absolute atomic E-state index is 11.5. The molecular formula is C9H11N3O6. The zero-order valence-corrected chi connectivity index (χ0v) is 9.35. The minimum absolute atomic E-state index is 0.277. The normalized spacial score (nSPS) is 11.7. The van der Waals surface area contributed by atoms with E-state index in [1.165, 1.54) is 0 Å². The predicted molar refractivity (Wildman–Crippen MR) is 58.0 cm³/mol. The van der Waals surface area contributed by atoms with Gasteiger partial charge in [-0.05, 0) is 0 Å². The highest BCUT2D eigenvalue weighted by molar-refractivity contribution is 5.92. The van der Waals surface area contributed by atoms with Gasteiger partial charge in [-0.1, -0.05) is 0 Å². The second-order valence-corrected chi connectivity index (χ2v) is 3.25. The lowest BCUT2D eigenvalue weighted by Crippen LogP contribution is -2.38. The largest absolute Gasteiger partial charge is 0.467 e. The Morgan fingerprint density at radius 3 is 2.67 bits per heavy atom. The second kappa shape index (κ2) is 5.77. The van der Waals surface area contributed by atoms with Crippen LogP contribution in [0.25, 0.3) is 0 Å². The summed E-state index contributed by atoms with van der Waals surface area (Å²) < 4.78 is 4.24. The minimum Gasteiger partial charge on any atom is -0.467 e. The van der Waals surface area contributed by atoms with E-state index in [0.717, 1.165) is 13.2 Å². The average Bonchev–Trinajstić information content (AvgIpc) is 2.33. The Bertz CT molecular complexity index is 532. The second-order valence-electron chi connectivity index (χ2n) is 3.25. The van der Waals surface area contributed by atoms with Crippen molar-refractivity contribution >= 4 is 11.9 Å². The molecule has 1 rings (SSSR count). The number of H-pyrrole nitrogens is 2. The number of methoxy groups -OCH3 is 1. The molecule has 1 atom stereocenters. The van der Waals surface area contributed by atoms with Crippen LogP contribution in [0.5, 0.6) is 0 Å². The third-order valence-electron chi connectivity index (χ3n) is 1.93. The lowest BCUT2D eigenvalue weighted by atomic mass is 10.3. The maximum Gasteiger partial charge on any atom is 0.336 e. The van der Waals surface area contributed by atoms with Gasteiger partial charge in [0, 0.05) is 6.07 Å². The minimum atomic E-state index is -1.52. The summed E-state index contributed by atoms with van der Waals surface area (Å²) in [7, 11) is 1.08. The van der Waals surface area contributed by atoms with E-state index in [1.807, 2.05) is 4.98 Å². The van der Waals surface area contributed by atoms with Crippen molar-refractivity contribution < 1.29 is 19.4 Å². The van der Waals surface area contributed by atoms with Crippen LogP contribution in [0.1, 0.15) is 10.5 Å². The number of hydrogen-bond acceptors (Lipinski definition) is 6. The van der Waals surface area contributed by atoms with Gasteiger partial charge in [-0.2, -0.15) is 0 Å². The SMILES string of the molecule is COC(=O)C(O)CNC(=O)c1cc(=O)[nH]c(=O)[nH]1. The first-order chi connectivity index (χ1) is 8.43. The molecule has 0 saturated carbocycles. The molecule has 0 bridgehead atoms. The number of carbonyl (C=O) groups is 2. The number of aromatic amines is 2. The van der Waals surface area contributed by atoms with Gasteiger partial charge >= 0.3 is 11.7 Å². The summed E-state index contributed by atoms with van der Waals surface area (Å²) in [6.45, 7) is -0.402. The highest BCUT2D eigenvalue weighted by atomic mass is 16.5. The summed E-state index contributed by atoms with van der Waals surface area (Å²) in [5.41, 5.74) is -1.85. The molecule has 98 valence electrons. The predicted octanol–water partition coefficient (Wildman–Crippen LogP) is -2.67. The molecule has 0 spiro atoms. The molecule has 9 nitrogen and oxygen atoms in total. The molecule has 0 aliphatic carbocycles. The van der Waals surface area contributed by atoms with Gasteiger partial charge in [0.15, 0.2) is 6.10 Å². The van der Waals surface area contributed by atoms with Crippen molar-refractivity contribution in [3.05, 3.63) is 32.6 Å². The van der Waals surface area contributed by atoms with Gasteiger partial charge < -0.3 is 20.1 Å². The van der Waals surface area contributed by atoms with Crippen LogP contribution in [0.15, 0.2) is 15.7 Å². The summed E-state index contributed by atoms with van der Waals surface area (Å²) in [6, 6.07) is 0.876. The molecular weight excluding hydrogens is 246 g/mol. The van der Waals surface area contributed by atoms with E-state index in [-0.39, 0.29) is 5.69 Å². The summed E-state index contributed by atoms with van der Waals surface area (Å²) in [5.74, 6) is -1.71. The van der Waals surface area contributed by atoms with E-state index in [4.69, 9.17) is 0 Å². The van der Waals surface area contributed by atoms with Crippen molar-refractivity contribution in [3.63, 3.8) is 0 Å². The summed E-state index contributed by atoms with van der Waals surface area (Å²) >= 11 is 0. The number of hydrogen-bond donors (Lipinski definition) is 4. The fourth-order valence-electron chi connectivity index (χ4n) is 1.10. The number of rotatable bonds is 4. The Morgan fingerprint density at radius 1 is 1.44 bits per heavy atom. The maximum atomic E-state index is 11.5. The molecule has 0 aliphatic rings. The van der Waals surface area contributed by atoms with Gasteiger partial charge in [-0.25, -0.2) is 9.59 Å². The smallest absolute Gasteiger partial charge is 0.336 e. The zero-order chi connectivity index (χ0) is 13.7. The van der Waals surface area contributed by atoms with E-state index in [0.29, 0.717) is 0 Å². The number of nitrogens with one attached hydrogen (secondary N) is 3. The van der Waals surface area contributed by atoms with Crippen molar-refractivity contribution in [1.29, 1.82) is 0 Å². The molecule has 0 aromatic carbocycles. The Labute approximate surface area is 99.8 Å². The van der Waals surface area contributed by atoms with Gasteiger partial charge in [-0.15, -0.1) is 0 Å². The van der Waals surface area contributed by atoms with Crippen LogP contribution in [0, 0.1) is 0 Å². The summed E-state index contributed by atoms with van der Waals surface area (Å²) in [6.07, 6.45) is -1.52. The highest BCUT2D eigenvalue weighted by Gasteiger charge is 2.17. The van der Waals surface area contributed by atoms with Crippen LogP contribution >= 0.6 is 0 Å². The first-order valence-electron chi connectivity index (χ1n) is 4.81. The van der Waals surface area contributed by atoms with Crippen molar-refractivity contribution in [2.75, 3.05) is 13.7 Å². The molecule has 0 radical (unpaired) electrons. The lowest BCUT2D eigenvalue weighted by molar-refractivity contribution is -0.149. The molecule has 1 amide bonds. The van der Waals surface area contributed by atoms with Gasteiger partial charge in [0.2, 0.25) is 0 Å². The van der Waals surface area contributed by atoms with E-state index >= 15 is 0 Å². The van der Waals surface area contributed by atoms with Crippen molar-refractivity contribution in [2.45, 2.75) is 6.10 Å². The monoisotopic (exact) mass is 257 g/mol. The number of ether oxygens (including phenoxy) is 1. The zero-order valence-electron chi connectivity index (χ0n) is 9.35. The number of aliphatic hydroxyl groups is 1. The van der Waals surface area contributed by atoms with Gasteiger partial charge in [0.1, 0.15) is 5.69 Å². The lowest BCUT2D eigenvalue weighted by Gasteiger charge is -2.09. The quantitative estimate of drug-likeness (QED) is 0.433. The average molecular weight is 257 g/mol. The Morgan fingerprint density at radius 2 is 2.11 bits per heavy atom. The van der Waals surface area contributed by atoms with Crippen LogP contribution in [0.2, 0.25) is 0 Å². The third kappa shape index (κ3) is 3.56. The van der Waals surface area contributed by atoms with Crippen LogP contribution < -0.4 is 16.6 Å². The van der Waals surface area contributed by atoms with Crippen molar-refractivity contribution in [3.8, 4) is 0 Å². The molecule has 0 aliphatic heterocycles. The first kappa shape index (κ1) is 13.6. The summed E-state index contributed by atoms with van der Waals surface area (Å²) in [5, 5.41) is 11.3. The van der Waals surface area contributed by atoms with E-state index in [2.05, 4.69) is 15.0 Å². The van der Waals surface area contributed by atoms with Gasteiger partial charge in [-0.3, -0.25) is 14.6 Å². The summed E-state index contributed by atoms with van der Waals surface area (Å²) in [4.78, 5) is 48.1. The van der Waals surface area contributed by atoms with Crippen LogP contribution in [-0.4, -0.2) is 46.7 Å². The third-order valence-corrected chi connectivity index (χ3v) is 1.93. The molecule has 9 heteroatoms. The number of amides is 1. The van der Waals surface area contributed by atoms with E-state index < -0.39 is 35.8 Å². The fraction of sp³-hybridized carbons (Fsp3) is 0.333. The molecule has 1 heterocycles. The number of carbonyl (C=O) groups excluding carboxylic acids is 2. The molecule has 1 aromatic rings. The van der Waals surface area contributed by atoms with Crippen LogP contribution in [-0.2, 0) is 9.53 Å². The fourth-order valence-corrected chi connectivity index (χ4v) is 1.10. The highest BCUT2D eigenvalue weighted by Crippen LogP contribution is 1.88. The molecule has 1 aromatic heterocycles. The Hall–Kier alpha value is -2.42. The Balaban J connectivity index is 2.69. The standard InChI is InChI=1S/C9H11N3O6/c1-18-8(16)5(13)3-10-7(15)4-2-6(14)12-9(17)11-4/h2,5,13H,3H2,1H3,(H,10,15)(H2,11,12,14,17). The number of aromatic nitrogens is 2. The number of esters is 1. The van der Waals surface area contributed by atoms with Crippen molar-refractivity contribution in [2.24, 2.45) is 0 Å².